The van der Waals surface area contributed by atoms with Gasteiger partial charge in [-0.05, 0) is 13.8 Å². The number of carbonyl (C=O) groups excluding carboxylic acids is 2. The maximum atomic E-state index is 12.0. The van der Waals surface area contributed by atoms with Crippen molar-refractivity contribution in [1.29, 1.82) is 0 Å². The first-order valence-corrected chi connectivity index (χ1v) is 6.60. The number of aryl methyl sites for hydroxylation is 2. The van der Waals surface area contributed by atoms with Crippen LogP contribution in [0.4, 0.5) is 0 Å². The number of aliphatic hydroxyl groups is 1. The molecule has 0 saturated carbocycles. The second-order valence-corrected chi connectivity index (χ2v) is 4.96. The lowest BCUT2D eigenvalue weighted by molar-refractivity contribution is -0.110. The maximum Gasteiger partial charge on any atom is 0.233 e. The normalized spacial score (nSPS) is 11.2. The van der Waals surface area contributed by atoms with Crippen LogP contribution in [0.15, 0.2) is 54.6 Å². The Morgan fingerprint density at radius 2 is 1.24 bits per heavy atom. The zero-order valence-electron chi connectivity index (χ0n) is 12.0. The zero-order chi connectivity index (χ0) is 15.4. The molecule has 0 heterocycles. The molecule has 2 aromatic carbocycles. The van der Waals surface area contributed by atoms with Crippen molar-refractivity contribution in [1.82, 2.24) is 0 Å². The fraction of sp³-hybridized carbons (Fsp3) is 0.111. The maximum absolute atomic E-state index is 12.0. The molecule has 0 aliphatic rings. The summed E-state index contributed by atoms with van der Waals surface area (Å²) in [6.07, 6.45) is 0.965. The standard InChI is InChI=1S/C18H16O3/c1-12-3-7-14(8-4-12)16(19)11-17(20)18(21)15-9-5-13(2)6-10-15/h3-11,19H,1-2H3. The van der Waals surface area contributed by atoms with Gasteiger partial charge in [0, 0.05) is 17.2 Å². The Hall–Kier alpha value is -2.68. The summed E-state index contributed by atoms with van der Waals surface area (Å²) in [6.45, 7) is 3.83. The molecule has 3 nitrogen and oxygen atoms in total. The molecule has 1 N–H and O–H groups in total. The predicted molar refractivity (Wildman–Crippen MR) is 82.3 cm³/mol. The van der Waals surface area contributed by atoms with Gasteiger partial charge in [-0.3, -0.25) is 9.59 Å². The molecule has 2 aromatic rings. The van der Waals surface area contributed by atoms with Crippen molar-refractivity contribution in [2.24, 2.45) is 0 Å². The second kappa shape index (κ2) is 6.18. The molecule has 106 valence electrons. The molecule has 0 aliphatic carbocycles. The first kappa shape index (κ1) is 14.7. The van der Waals surface area contributed by atoms with Crippen LogP contribution in [0, 0.1) is 13.8 Å². The van der Waals surface area contributed by atoms with E-state index in [1.165, 1.54) is 0 Å². The van der Waals surface area contributed by atoms with Crippen LogP contribution in [0.5, 0.6) is 0 Å². The van der Waals surface area contributed by atoms with Gasteiger partial charge in [-0.25, -0.2) is 0 Å². The summed E-state index contributed by atoms with van der Waals surface area (Å²) in [6, 6.07) is 13.8. The number of allylic oxidation sites excluding steroid dienone is 1. The number of hydrogen-bond acceptors (Lipinski definition) is 3. The van der Waals surface area contributed by atoms with E-state index >= 15 is 0 Å². The van der Waals surface area contributed by atoms with Crippen molar-refractivity contribution in [3.05, 3.63) is 76.9 Å². The molecule has 0 aliphatic heterocycles. The van der Waals surface area contributed by atoms with E-state index in [1.54, 1.807) is 36.4 Å². The summed E-state index contributed by atoms with van der Waals surface area (Å²) in [5.74, 6) is -1.58. The second-order valence-electron chi connectivity index (χ2n) is 4.96. The SMILES string of the molecule is Cc1ccc(C(=O)C(=O)C=C(O)c2ccc(C)cc2)cc1. The fourth-order valence-electron chi connectivity index (χ4n) is 1.84. The van der Waals surface area contributed by atoms with E-state index in [4.69, 9.17) is 0 Å². The molecule has 21 heavy (non-hydrogen) atoms. The molecular formula is C18H16O3. The van der Waals surface area contributed by atoms with Crippen LogP contribution in [-0.4, -0.2) is 16.7 Å². The average Bonchev–Trinajstić information content (AvgIpc) is 2.47. The van der Waals surface area contributed by atoms with Gasteiger partial charge >= 0.3 is 0 Å². The number of ketones is 2. The molecule has 0 aromatic heterocycles. The number of rotatable bonds is 4. The van der Waals surface area contributed by atoms with Crippen molar-refractivity contribution in [3.8, 4) is 0 Å². The highest BCUT2D eigenvalue weighted by Crippen LogP contribution is 2.13. The lowest BCUT2D eigenvalue weighted by atomic mass is 10.0. The Bertz CT molecular complexity index is 692. The van der Waals surface area contributed by atoms with E-state index in [0.29, 0.717) is 11.1 Å². The van der Waals surface area contributed by atoms with Crippen LogP contribution < -0.4 is 0 Å². The quantitative estimate of drug-likeness (QED) is 0.402. The molecule has 0 radical (unpaired) electrons. The van der Waals surface area contributed by atoms with Crippen molar-refractivity contribution in [3.63, 3.8) is 0 Å². The molecule has 0 unspecified atom stereocenters. The van der Waals surface area contributed by atoms with E-state index < -0.39 is 11.6 Å². The highest BCUT2D eigenvalue weighted by molar-refractivity contribution is 6.48. The van der Waals surface area contributed by atoms with E-state index in [1.807, 2.05) is 26.0 Å². The largest absolute Gasteiger partial charge is 0.507 e. The summed E-state index contributed by atoms with van der Waals surface area (Å²) in [5.41, 5.74) is 2.88. The molecule has 0 spiro atoms. The third-order valence-electron chi connectivity index (χ3n) is 3.15. The van der Waals surface area contributed by atoms with Crippen molar-refractivity contribution in [2.45, 2.75) is 13.8 Å². The number of benzene rings is 2. The van der Waals surface area contributed by atoms with Crippen LogP contribution in [0.2, 0.25) is 0 Å². The number of Topliss-reactive ketones (excluding diaryl/α,β-unsaturated/α-hetero) is 1. The third-order valence-corrected chi connectivity index (χ3v) is 3.15. The summed E-state index contributed by atoms with van der Waals surface area (Å²) >= 11 is 0. The van der Waals surface area contributed by atoms with Gasteiger partial charge in [0.25, 0.3) is 0 Å². The summed E-state index contributed by atoms with van der Waals surface area (Å²) in [7, 11) is 0. The van der Waals surface area contributed by atoms with E-state index in [9.17, 15) is 14.7 Å². The Kier molecular flexibility index (Phi) is 4.33. The molecule has 0 fully saturated rings. The molecular weight excluding hydrogens is 264 g/mol. The fourth-order valence-corrected chi connectivity index (χ4v) is 1.84. The molecule has 0 atom stereocenters. The van der Waals surface area contributed by atoms with Gasteiger partial charge in [0.1, 0.15) is 5.76 Å². The van der Waals surface area contributed by atoms with Crippen LogP contribution in [0.3, 0.4) is 0 Å². The van der Waals surface area contributed by atoms with Crippen molar-refractivity contribution in [2.75, 3.05) is 0 Å². The van der Waals surface area contributed by atoms with E-state index in [0.717, 1.165) is 17.2 Å². The summed E-state index contributed by atoms with van der Waals surface area (Å²) in [4.78, 5) is 23.9. The predicted octanol–water partition coefficient (Wildman–Crippen LogP) is 3.65. The highest BCUT2D eigenvalue weighted by Gasteiger charge is 2.15. The first-order chi connectivity index (χ1) is 9.97. The lowest BCUT2D eigenvalue weighted by Crippen LogP contribution is -2.12. The van der Waals surface area contributed by atoms with Gasteiger partial charge in [-0.2, -0.15) is 0 Å². The van der Waals surface area contributed by atoms with Crippen LogP contribution in [0.1, 0.15) is 27.0 Å². The minimum Gasteiger partial charge on any atom is -0.507 e. The molecule has 0 saturated heterocycles. The van der Waals surface area contributed by atoms with Crippen LogP contribution in [-0.2, 0) is 4.79 Å². The van der Waals surface area contributed by atoms with Gasteiger partial charge in [0.05, 0.1) is 0 Å². The van der Waals surface area contributed by atoms with Gasteiger partial charge in [0.15, 0.2) is 0 Å². The Labute approximate surface area is 123 Å². The van der Waals surface area contributed by atoms with Crippen LogP contribution in [0.25, 0.3) is 5.76 Å². The minimum absolute atomic E-state index is 0.208. The topological polar surface area (TPSA) is 54.4 Å². The molecule has 3 heteroatoms. The monoisotopic (exact) mass is 280 g/mol. The Morgan fingerprint density at radius 1 is 0.810 bits per heavy atom. The van der Waals surface area contributed by atoms with Crippen molar-refractivity contribution >= 4 is 17.3 Å². The van der Waals surface area contributed by atoms with E-state index in [2.05, 4.69) is 0 Å². The Balaban J connectivity index is 2.19. The number of aliphatic hydroxyl groups excluding tert-OH is 1. The van der Waals surface area contributed by atoms with Gasteiger partial charge in [-0.1, -0.05) is 59.7 Å². The summed E-state index contributed by atoms with van der Waals surface area (Å²) < 4.78 is 0. The lowest BCUT2D eigenvalue weighted by Gasteiger charge is -2.01. The highest BCUT2D eigenvalue weighted by atomic mass is 16.3. The third kappa shape index (κ3) is 3.66. The Morgan fingerprint density at radius 3 is 1.71 bits per heavy atom. The number of carbonyl (C=O) groups is 2. The smallest absolute Gasteiger partial charge is 0.233 e. The zero-order valence-corrected chi connectivity index (χ0v) is 12.0. The minimum atomic E-state index is -0.739. The van der Waals surface area contributed by atoms with Gasteiger partial charge in [0.2, 0.25) is 11.6 Å². The molecule has 0 amide bonds. The average molecular weight is 280 g/mol. The molecule has 0 bridgehead atoms. The number of hydrogen-bond donors (Lipinski definition) is 1. The summed E-state index contributed by atoms with van der Waals surface area (Å²) in [5, 5.41) is 9.91. The van der Waals surface area contributed by atoms with Crippen LogP contribution >= 0.6 is 0 Å². The van der Waals surface area contributed by atoms with E-state index in [-0.39, 0.29) is 5.76 Å². The molecule has 2 rings (SSSR count). The van der Waals surface area contributed by atoms with Crippen molar-refractivity contribution < 1.29 is 14.7 Å². The van der Waals surface area contributed by atoms with Gasteiger partial charge < -0.3 is 5.11 Å². The van der Waals surface area contributed by atoms with Gasteiger partial charge in [-0.15, -0.1) is 0 Å². The first-order valence-electron chi connectivity index (χ1n) is 6.60.